The molecule has 2 aliphatic rings. The fourth-order valence-electron chi connectivity index (χ4n) is 4.49. The molecule has 1 aromatic carbocycles. The average molecular weight is 425 g/mol. The Morgan fingerprint density at radius 3 is 2.67 bits per heavy atom. The minimum Gasteiger partial charge on any atom is -0.397 e. The van der Waals surface area contributed by atoms with Crippen molar-refractivity contribution in [2.24, 2.45) is 5.92 Å². The monoisotopic (exact) mass is 424 g/mol. The van der Waals surface area contributed by atoms with Gasteiger partial charge in [0.05, 0.1) is 5.69 Å². The highest BCUT2D eigenvalue weighted by molar-refractivity contribution is 7.21. The lowest BCUT2D eigenvalue weighted by Crippen LogP contribution is -2.48. The normalized spacial score (nSPS) is 19.2. The Hall–Kier alpha value is -2.67. The summed E-state index contributed by atoms with van der Waals surface area (Å²) in [5.74, 6) is 0.410. The molecule has 1 unspecified atom stereocenters. The molecule has 156 valence electrons. The third-order valence-electron chi connectivity index (χ3n) is 6.28. The van der Waals surface area contributed by atoms with Crippen LogP contribution in [-0.4, -0.2) is 42.0 Å². The van der Waals surface area contributed by atoms with Gasteiger partial charge >= 0.3 is 0 Å². The first kappa shape index (κ1) is 19.3. The van der Waals surface area contributed by atoms with Gasteiger partial charge in [0, 0.05) is 42.9 Å². The van der Waals surface area contributed by atoms with Crippen LogP contribution in [0.25, 0.3) is 10.2 Å². The summed E-state index contributed by atoms with van der Waals surface area (Å²) >= 11 is 1.42. The van der Waals surface area contributed by atoms with Crippen LogP contribution in [0.1, 0.15) is 34.3 Å². The summed E-state index contributed by atoms with van der Waals surface area (Å²) in [6.45, 7) is 4.93. The number of amides is 1. The molecule has 7 heteroatoms. The molecule has 1 aliphatic heterocycles. The zero-order valence-electron chi connectivity index (χ0n) is 17.0. The number of halogens is 1. The first-order valence-electron chi connectivity index (χ1n) is 10.5. The number of nitrogen functional groups attached to an aromatic ring is 1. The van der Waals surface area contributed by atoms with Crippen LogP contribution in [0.3, 0.4) is 0 Å². The number of anilines is 2. The quantitative estimate of drug-likeness (QED) is 0.673. The highest BCUT2D eigenvalue weighted by Gasteiger charge is 2.27. The summed E-state index contributed by atoms with van der Waals surface area (Å²) in [6.07, 6.45) is 3.19. The summed E-state index contributed by atoms with van der Waals surface area (Å²) in [6, 6.07) is 8.66. The van der Waals surface area contributed by atoms with E-state index in [2.05, 4.69) is 17.9 Å². The number of carbonyl (C=O) groups excluding carboxylic acids is 1. The molecule has 30 heavy (non-hydrogen) atoms. The lowest BCUT2D eigenvalue weighted by molar-refractivity contribution is 0.0752. The molecule has 3 heterocycles. The van der Waals surface area contributed by atoms with Crippen LogP contribution in [0.15, 0.2) is 30.3 Å². The number of carbonyl (C=O) groups is 1. The largest absolute Gasteiger partial charge is 0.397 e. The maximum atomic E-state index is 13.2. The minimum absolute atomic E-state index is 0.0133. The van der Waals surface area contributed by atoms with Crippen molar-refractivity contribution in [2.75, 3.05) is 36.8 Å². The zero-order chi connectivity index (χ0) is 20.8. The third kappa shape index (κ3) is 3.41. The molecule has 2 N–H and O–H groups in total. The number of hydrogen-bond acceptors (Lipinski definition) is 5. The molecule has 1 aliphatic carbocycles. The van der Waals surface area contributed by atoms with Crippen LogP contribution in [-0.2, 0) is 12.8 Å². The fraction of sp³-hybridized carbons (Fsp3) is 0.391. The molecule has 5 rings (SSSR count). The van der Waals surface area contributed by atoms with Gasteiger partial charge in [-0.25, -0.2) is 9.37 Å². The van der Waals surface area contributed by atoms with Crippen LogP contribution < -0.4 is 10.6 Å². The van der Waals surface area contributed by atoms with E-state index in [-0.39, 0.29) is 11.7 Å². The Morgan fingerprint density at radius 2 is 1.93 bits per heavy atom. The summed E-state index contributed by atoms with van der Waals surface area (Å²) < 4.78 is 13.2. The molecule has 0 radical (unpaired) electrons. The molecule has 2 aromatic heterocycles. The molecule has 1 fully saturated rings. The number of benzene rings is 1. The number of hydrogen-bond donors (Lipinski definition) is 1. The Balaban J connectivity index is 1.35. The van der Waals surface area contributed by atoms with E-state index in [1.165, 1.54) is 29.0 Å². The zero-order valence-corrected chi connectivity index (χ0v) is 17.8. The van der Waals surface area contributed by atoms with E-state index >= 15 is 0 Å². The van der Waals surface area contributed by atoms with Crippen molar-refractivity contribution in [1.82, 2.24) is 9.88 Å². The van der Waals surface area contributed by atoms with Gasteiger partial charge in [-0.1, -0.05) is 6.92 Å². The van der Waals surface area contributed by atoms with Crippen molar-refractivity contribution < 1.29 is 9.18 Å². The topological polar surface area (TPSA) is 62.5 Å². The van der Waals surface area contributed by atoms with Crippen LogP contribution in [0, 0.1) is 11.7 Å². The van der Waals surface area contributed by atoms with Gasteiger partial charge in [0.2, 0.25) is 0 Å². The number of nitrogens with two attached hydrogens (primary N) is 1. The number of fused-ring (bicyclic) bond motifs is 2. The predicted molar refractivity (Wildman–Crippen MR) is 120 cm³/mol. The summed E-state index contributed by atoms with van der Waals surface area (Å²) in [5, 5.41) is 0.918. The second-order valence-corrected chi connectivity index (χ2v) is 9.39. The highest BCUT2D eigenvalue weighted by Crippen LogP contribution is 2.37. The second-order valence-electron chi connectivity index (χ2n) is 8.40. The molecule has 5 nitrogen and oxygen atoms in total. The fourth-order valence-corrected chi connectivity index (χ4v) is 5.56. The lowest BCUT2D eigenvalue weighted by Gasteiger charge is -2.36. The second kappa shape index (κ2) is 7.54. The van der Waals surface area contributed by atoms with Crippen molar-refractivity contribution in [1.29, 1.82) is 0 Å². The number of aromatic nitrogens is 1. The number of nitrogens with zero attached hydrogens (tertiary/aromatic N) is 3. The standard InChI is InChI=1S/C23H25FN4OS/c1-14-2-7-19-15(12-14)13-18-20(25)21(30-22(18)26-19)23(29)28-10-8-27(9-11-28)17-5-3-16(24)4-6-17/h3-6,13-14H,2,7-12,25H2,1H3. The van der Waals surface area contributed by atoms with E-state index < -0.39 is 0 Å². The molecule has 0 bridgehead atoms. The van der Waals surface area contributed by atoms with Crippen LogP contribution in [0.5, 0.6) is 0 Å². The smallest absolute Gasteiger partial charge is 0.266 e. The first-order valence-corrected chi connectivity index (χ1v) is 11.3. The van der Waals surface area contributed by atoms with E-state index in [1.807, 2.05) is 4.90 Å². The molecule has 1 saturated heterocycles. The summed E-state index contributed by atoms with van der Waals surface area (Å²) in [5.41, 5.74) is 10.4. The van der Waals surface area contributed by atoms with E-state index in [9.17, 15) is 9.18 Å². The summed E-state index contributed by atoms with van der Waals surface area (Å²) in [7, 11) is 0. The van der Waals surface area contributed by atoms with Gasteiger partial charge in [-0.3, -0.25) is 4.79 Å². The average Bonchev–Trinajstić information content (AvgIpc) is 3.08. The lowest BCUT2D eigenvalue weighted by atomic mass is 9.87. The molecular weight excluding hydrogens is 399 g/mol. The van der Waals surface area contributed by atoms with E-state index in [4.69, 9.17) is 10.7 Å². The van der Waals surface area contributed by atoms with Crippen molar-refractivity contribution in [3.63, 3.8) is 0 Å². The first-order chi connectivity index (χ1) is 14.5. The molecular formula is C23H25FN4OS. The maximum Gasteiger partial charge on any atom is 0.266 e. The number of thiophene rings is 1. The number of pyridine rings is 1. The van der Waals surface area contributed by atoms with Gasteiger partial charge in [-0.15, -0.1) is 11.3 Å². The van der Waals surface area contributed by atoms with E-state index in [1.54, 1.807) is 12.1 Å². The maximum absolute atomic E-state index is 13.2. The molecule has 0 spiro atoms. The van der Waals surface area contributed by atoms with Crippen molar-refractivity contribution in [3.8, 4) is 0 Å². The van der Waals surface area contributed by atoms with Crippen molar-refractivity contribution >= 4 is 38.8 Å². The Kier molecular flexibility index (Phi) is 4.85. The van der Waals surface area contributed by atoms with Crippen molar-refractivity contribution in [2.45, 2.75) is 26.2 Å². The van der Waals surface area contributed by atoms with Gasteiger partial charge in [-0.2, -0.15) is 0 Å². The predicted octanol–water partition coefficient (Wildman–Crippen LogP) is 4.10. The summed E-state index contributed by atoms with van der Waals surface area (Å²) in [4.78, 5) is 23.6. The van der Waals surface area contributed by atoms with Crippen molar-refractivity contribution in [3.05, 3.63) is 52.3 Å². The van der Waals surface area contributed by atoms with E-state index in [0.717, 1.165) is 40.9 Å². The molecule has 0 saturated carbocycles. The van der Waals surface area contributed by atoms with Gasteiger partial charge in [0.15, 0.2) is 0 Å². The van der Waals surface area contributed by atoms with E-state index in [0.29, 0.717) is 42.7 Å². The SMILES string of the molecule is CC1CCc2nc3sc(C(=O)N4CCN(c5ccc(F)cc5)CC4)c(N)c3cc2C1. The molecule has 1 atom stereocenters. The molecule has 3 aromatic rings. The van der Waals surface area contributed by atoms with Gasteiger partial charge in [0.1, 0.15) is 15.5 Å². The third-order valence-corrected chi connectivity index (χ3v) is 7.39. The number of aryl methyl sites for hydroxylation is 1. The van der Waals surface area contributed by atoms with Crippen LogP contribution >= 0.6 is 11.3 Å². The Morgan fingerprint density at radius 1 is 1.20 bits per heavy atom. The number of piperazine rings is 1. The van der Waals surface area contributed by atoms with Gasteiger partial charge < -0.3 is 15.5 Å². The van der Waals surface area contributed by atoms with Gasteiger partial charge in [0.25, 0.3) is 5.91 Å². The minimum atomic E-state index is -0.238. The van der Waals surface area contributed by atoms with Crippen LogP contribution in [0.2, 0.25) is 0 Å². The number of rotatable bonds is 2. The highest BCUT2D eigenvalue weighted by atomic mass is 32.1. The molecule has 1 amide bonds. The van der Waals surface area contributed by atoms with Gasteiger partial charge in [-0.05, 0) is 61.1 Å². The Bertz CT molecular complexity index is 1100. The van der Waals surface area contributed by atoms with Crippen LogP contribution in [0.4, 0.5) is 15.8 Å². The Labute approximate surface area is 179 Å².